The van der Waals surface area contributed by atoms with E-state index in [0.717, 1.165) is 0 Å². The van der Waals surface area contributed by atoms with Gasteiger partial charge in [-0.2, -0.15) is 0 Å². The number of amidine groups is 1. The largest absolute Gasteiger partial charge is 0.454 e. The summed E-state index contributed by atoms with van der Waals surface area (Å²) in [5.41, 5.74) is 5.97. The number of ether oxygens (including phenoxy) is 1. The van der Waals surface area contributed by atoms with E-state index in [1.54, 1.807) is 36.4 Å². The third kappa shape index (κ3) is 2.57. The lowest BCUT2D eigenvalue weighted by Gasteiger charge is -2.07. The van der Waals surface area contributed by atoms with Crippen LogP contribution in [0.2, 0.25) is 0 Å². The lowest BCUT2D eigenvalue weighted by atomic mass is 10.2. The molecule has 0 saturated carbocycles. The number of para-hydroxylation sites is 1. The van der Waals surface area contributed by atoms with Crippen molar-refractivity contribution >= 4 is 5.84 Å². The lowest BCUT2D eigenvalue weighted by molar-refractivity contribution is 0.318. The van der Waals surface area contributed by atoms with Crippen LogP contribution in [-0.4, -0.2) is 11.0 Å². The zero-order chi connectivity index (χ0) is 13.0. The van der Waals surface area contributed by atoms with Gasteiger partial charge in [-0.15, -0.1) is 0 Å². The van der Waals surface area contributed by atoms with Gasteiger partial charge in [0.1, 0.15) is 5.75 Å². The maximum atomic E-state index is 13.3. The molecule has 3 N–H and O–H groups in total. The Balaban J connectivity index is 2.19. The molecule has 0 aliphatic rings. The van der Waals surface area contributed by atoms with Gasteiger partial charge in [-0.1, -0.05) is 17.3 Å². The molecule has 0 unspecified atom stereocenters. The van der Waals surface area contributed by atoms with Gasteiger partial charge in [0.15, 0.2) is 17.4 Å². The van der Waals surface area contributed by atoms with E-state index < -0.39 is 5.82 Å². The van der Waals surface area contributed by atoms with E-state index in [-0.39, 0.29) is 11.6 Å². The van der Waals surface area contributed by atoms with E-state index in [9.17, 15) is 4.39 Å². The number of oxime groups is 1. The zero-order valence-corrected chi connectivity index (χ0v) is 9.38. The molecule has 92 valence electrons. The second kappa shape index (κ2) is 5.18. The number of hydrogen-bond acceptors (Lipinski definition) is 3. The fraction of sp³-hybridized carbons (Fsp3) is 0. The molecule has 0 aromatic heterocycles. The third-order valence-corrected chi connectivity index (χ3v) is 2.32. The average molecular weight is 246 g/mol. The van der Waals surface area contributed by atoms with Crippen LogP contribution in [0.25, 0.3) is 0 Å². The Morgan fingerprint density at radius 1 is 1.11 bits per heavy atom. The lowest BCUT2D eigenvalue weighted by Crippen LogP contribution is -2.12. The maximum absolute atomic E-state index is 13.3. The van der Waals surface area contributed by atoms with Gasteiger partial charge in [-0.3, -0.25) is 0 Å². The molecule has 2 rings (SSSR count). The van der Waals surface area contributed by atoms with Crippen LogP contribution in [0.15, 0.2) is 53.7 Å². The first kappa shape index (κ1) is 11.9. The summed E-state index contributed by atoms with van der Waals surface area (Å²) in [6, 6.07) is 12.6. The fourth-order valence-electron chi connectivity index (χ4n) is 1.41. The summed E-state index contributed by atoms with van der Waals surface area (Å²) in [4.78, 5) is 0. The summed E-state index contributed by atoms with van der Waals surface area (Å²) in [6.07, 6.45) is 0. The number of rotatable bonds is 3. The van der Waals surface area contributed by atoms with Crippen LogP contribution in [0.1, 0.15) is 5.56 Å². The van der Waals surface area contributed by atoms with E-state index >= 15 is 0 Å². The van der Waals surface area contributed by atoms with E-state index in [2.05, 4.69) is 5.16 Å². The van der Waals surface area contributed by atoms with E-state index in [1.807, 2.05) is 0 Å². The van der Waals surface area contributed by atoms with Crippen LogP contribution in [-0.2, 0) is 0 Å². The van der Waals surface area contributed by atoms with Crippen molar-refractivity contribution in [3.8, 4) is 11.5 Å². The summed E-state index contributed by atoms with van der Waals surface area (Å²) in [5, 5.41) is 11.4. The highest BCUT2D eigenvalue weighted by Gasteiger charge is 2.04. The molecule has 18 heavy (non-hydrogen) atoms. The van der Waals surface area contributed by atoms with Crippen LogP contribution in [0.5, 0.6) is 11.5 Å². The molecule has 0 saturated heterocycles. The summed E-state index contributed by atoms with van der Waals surface area (Å²) < 4.78 is 18.7. The first-order chi connectivity index (χ1) is 8.70. The minimum absolute atomic E-state index is 0.00689. The normalized spacial score (nSPS) is 11.3. The Bertz CT molecular complexity index is 567. The maximum Gasteiger partial charge on any atom is 0.170 e. The van der Waals surface area contributed by atoms with Gasteiger partial charge in [0.25, 0.3) is 0 Å². The summed E-state index contributed by atoms with van der Waals surface area (Å²) in [5.74, 6) is 0.189. The Hall–Kier alpha value is -2.56. The van der Waals surface area contributed by atoms with Gasteiger partial charge in [-0.05, 0) is 36.4 Å². The Morgan fingerprint density at radius 3 is 2.39 bits per heavy atom. The molecule has 0 amide bonds. The SMILES string of the molecule is N/C(=N\O)c1ccc(Oc2ccccc2F)cc1. The van der Waals surface area contributed by atoms with E-state index in [1.165, 1.54) is 12.1 Å². The number of nitrogens with two attached hydrogens (primary N) is 1. The summed E-state index contributed by atoms with van der Waals surface area (Å²) >= 11 is 0. The second-order valence-electron chi connectivity index (χ2n) is 3.54. The van der Waals surface area contributed by atoms with Crippen molar-refractivity contribution in [1.82, 2.24) is 0 Å². The van der Waals surface area contributed by atoms with E-state index in [0.29, 0.717) is 11.3 Å². The zero-order valence-electron chi connectivity index (χ0n) is 9.38. The molecule has 0 aliphatic carbocycles. The van der Waals surface area contributed by atoms with Crippen molar-refractivity contribution in [3.05, 3.63) is 59.9 Å². The van der Waals surface area contributed by atoms with Crippen molar-refractivity contribution < 1.29 is 14.3 Å². The fourth-order valence-corrected chi connectivity index (χ4v) is 1.41. The first-order valence-corrected chi connectivity index (χ1v) is 5.21. The highest BCUT2D eigenvalue weighted by atomic mass is 19.1. The molecule has 2 aromatic rings. The molecule has 0 heterocycles. The van der Waals surface area contributed by atoms with Crippen molar-refractivity contribution in [2.45, 2.75) is 0 Å². The topological polar surface area (TPSA) is 67.8 Å². The number of benzene rings is 2. The van der Waals surface area contributed by atoms with Gasteiger partial charge in [0, 0.05) is 5.56 Å². The predicted molar refractivity (Wildman–Crippen MR) is 65.4 cm³/mol. The molecule has 2 aromatic carbocycles. The monoisotopic (exact) mass is 246 g/mol. The van der Waals surface area contributed by atoms with Crippen LogP contribution in [0.3, 0.4) is 0 Å². The molecule has 0 aliphatic heterocycles. The molecular formula is C13H11FN2O2. The molecule has 4 nitrogen and oxygen atoms in total. The standard InChI is InChI=1S/C13H11FN2O2/c14-11-3-1-2-4-12(11)18-10-7-5-9(6-8-10)13(15)16-17/h1-8,17H,(H2,15,16). The molecule has 0 radical (unpaired) electrons. The van der Waals surface area contributed by atoms with Crippen LogP contribution in [0.4, 0.5) is 4.39 Å². The minimum atomic E-state index is -0.432. The Kier molecular flexibility index (Phi) is 3.43. The van der Waals surface area contributed by atoms with E-state index in [4.69, 9.17) is 15.7 Å². The molecule has 0 bridgehead atoms. The van der Waals surface area contributed by atoms with Crippen molar-refractivity contribution in [1.29, 1.82) is 0 Å². The first-order valence-electron chi connectivity index (χ1n) is 5.21. The highest BCUT2D eigenvalue weighted by Crippen LogP contribution is 2.24. The predicted octanol–water partition coefficient (Wildman–Crippen LogP) is 2.71. The molecular weight excluding hydrogens is 235 g/mol. The highest BCUT2D eigenvalue weighted by molar-refractivity contribution is 5.97. The number of nitrogens with zero attached hydrogens (tertiary/aromatic N) is 1. The Morgan fingerprint density at radius 2 is 1.78 bits per heavy atom. The smallest absolute Gasteiger partial charge is 0.170 e. The minimum Gasteiger partial charge on any atom is -0.454 e. The quantitative estimate of drug-likeness (QED) is 0.378. The molecule has 5 heteroatoms. The third-order valence-electron chi connectivity index (χ3n) is 2.32. The van der Waals surface area contributed by atoms with Gasteiger partial charge in [0.2, 0.25) is 0 Å². The van der Waals surface area contributed by atoms with Crippen LogP contribution < -0.4 is 10.5 Å². The second-order valence-corrected chi connectivity index (χ2v) is 3.54. The van der Waals surface area contributed by atoms with Crippen LogP contribution >= 0.6 is 0 Å². The van der Waals surface area contributed by atoms with Crippen molar-refractivity contribution in [3.63, 3.8) is 0 Å². The van der Waals surface area contributed by atoms with Gasteiger partial charge >= 0.3 is 0 Å². The number of halogens is 1. The van der Waals surface area contributed by atoms with Gasteiger partial charge in [-0.25, -0.2) is 4.39 Å². The molecule has 0 spiro atoms. The Labute approximate surface area is 103 Å². The van der Waals surface area contributed by atoms with Crippen molar-refractivity contribution in [2.24, 2.45) is 10.9 Å². The number of hydrogen-bond donors (Lipinski definition) is 2. The molecule has 0 atom stereocenters. The average Bonchev–Trinajstić information content (AvgIpc) is 2.41. The van der Waals surface area contributed by atoms with Gasteiger partial charge in [0.05, 0.1) is 0 Å². The molecule has 0 fully saturated rings. The van der Waals surface area contributed by atoms with Crippen molar-refractivity contribution in [2.75, 3.05) is 0 Å². The van der Waals surface area contributed by atoms with Crippen LogP contribution in [0, 0.1) is 5.82 Å². The van der Waals surface area contributed by atoms with Gasteiger partial charge < -0.3 is 15.7 Å². The summed E-state index contributed by atoms with van der Waals surface area (Å²) in [6.45, 7) is 0. The summed E-state index contributed by atoms with van der Waals surface area (Å²) in [7, 11) is 0.